The number of nitrogens with zero attached hydrogens (tertiary/aromatic N) is 2. The van der Waals surface area contributed by atoms with E-state index in [0.717, 1.165) is 25.7 Å². The Balaban J connectivity index is 1.81. The van der Waals surface area contributed by atoms with Crippen molar-refractivity contribution in [3.63, 3.8) is 0 Å². The summed E-state index contributed by atoms with van der Waals surface area (Å²) >= 11 is 8.29. The fourth-order valence-corrected chi connectivity index (χ4v) is 4.45. The van der Waals surface area contributed by atoms with E-state index in [0.29, 0.717) is 0 Å². The molecule has 0 N–H and O–H groups in total. The van der Waals surface area contributed by atoms with Gasteiger partial charge in [-0.25, -0.2) is 0 Å². The third-order valence-corrected chi connectivity index (χ3v) is 5.98. The van der Waals surface area contributed by atoms with Crippen LogP contribution in [0.4, 0.5) is 5.69 Å². The second-order valence-electron chi connectivity index (χ2n) is 6.16. The summed E-state index contributed by atoms with van der Waals surface area (Å²) in [6, 6.07) is 8.76. The molecule has 0 atom stereocenters. The molecule has 0 saturated carbocycles. The SMILES string of the molecule is [Al][N]([Al])c1cccc(C2=Cc3c4c([n]([Al])c3CC2)C=CCC4)c1. The van der Waals surface area contributed by atoms with E-state index in [2.05, 4.69) is 95.6 Å². The molecular weight excluding hydrogens is 325 g/mol. The lowest BCUT2D eigenvalue weighted by Gasteiger charge is -2.21. The minimum Gasteiger partial charge on any atom is -0.587 e. The molecule has 1 heterocycles. The molecule has 0 amide bonds. The van der Waals surface area contributed by atoms with E-state index in [9.17, 15) is 0 Å². The molecule has 106 valence electrons. The van der Waals surface area contributed by atoms with Crippen molar-refractivity contribution >= 4 is 72.9 Å². The van der Waals surface area contributed by atoms with Gasteiger partial charge >= 0.3 is 16.5 Å². The van der Waals surface area contributed by atoms with E-state index in [1.54, 1.807) is 0 Å². The summed E-state index contributed by atoms with van der Waals surface area (Å²) in [5, 5.41) is 0. The van der Waals surface area contributed by atoms with Crippen molar-refractivity contribution in [2.24, 2.45) is 0 Å². The highest BCUT2D eigenvalue weighted by Crippen LogP contribution is 2.37. The molecule has 4 rings (SSSR count). The van der Waals surface area contributed by atoms with Crippen LogP contribution in [0.3, 0.4) is 0 Å². The van der Waals surface area contributed by atoms with E-state index in [-0.39, 0.29) is 0 Å². The van der Waals surface area contributed by atoms with Gasteiger partial charge in [-0.2, -0.15) is 0 Å². The second-order valence-corrected chi connectivity index (χ2v) is 8.39. The third kappa shape index (κ3) is 2.82. The first-order valence-electron chi connectivity index (χ1n) is 7.94. The fraction of sp³-hybridized carbons (Fsp3) is 0.222. The number of hydrogen-bond donors (Lipinski definition) is 0. The number of anilines is 1. The Kier molecular flexibility index (Phi) is 4.39. The lowest BCUT2D eigenvalue weighted by molar-refractivity contribution is 0.926. The van der Waals surface area contributed by atoms with Gasteiger partial charge in [-0.15, -0.1) is 0 Å². The summed E-state index contributed by atoms with van der Waals surface area (Å²) in [4.78, 5) is 0. The van der Waals surface area contributed by atoms with Crippen LogP contribution in [-0.2, 0) is 12.8 Å². The number of allylic oxidation sites excluding steroid dienone is 2. The predicted molar refractivity (Wildman–Crippen MR) is 99.6 cm³/mol. The normalized spacial score (nSPS) is 15.7. The molecule has 0 spiro atoms. The van der Waals surface area contributed by atoms with Crippen molar-refractivity contribution in [3.05, 3.63) is 58.4 Å². The van der Waals surface area contributed by atoms with E-state index in [1.165, 1.54) is 39.3 Å². The topological polar surface area (TPSA) is 8.17 Å². The minimum atomic E-state index is 1.10. The molecule has 1 aromatic heterocycles. The van der Waals surface area contributed by atoms with Gasteiger partial charge in [0.05, 0.1) is 0 Å². The Labute approximate surface area is 162 Å². The lowest BCUT2D eigenvalue weighted by atomic mass is 9.89. The van der Waals surface area contributed by atoms with Crippen molar-refractivity contribution in [2.45, 2.75) is 25.7 Å². The highest BCUT2D eigenvalue weighted by molar-refractivity contribution is 6.41. The van der Waals surface area contributed by atoms with Gasteiger partial charge in [0.1, 0.15) is 0 Å². The summed E-state index contributed by atoms with van der Waals surface area (Å²) < 4.78 is 4.32. The first kappa shape index (κ1) is 15.9. The molecule has 1 aromatic carbocycles. The highest BCUT2D eigenvalue weighted by atomic mass is 27.1. The van der Waals surface area contributed by atoms with Crippen LogP contribution in [0.2, 0.25) is 0 Å². The first-order chi connectivity index (χ1) is 11.1. The summed E-state index contributed by atoms with van der Waals surface area (Å²) in [6.07, 6.45) is 11.5. The molecule has 2 aromatic rings. The number of fused-ring (bicyclic) bond motifs is 3. The average molecular weight is 340 g/mol. The highest BCUT2D eigenvalue weighted by Gasteiger charge is 2.22. The van der Waals surface area contributed by atoms with E-state index >= 15 is 0 Å². The van der Waals surface area contributed by atoms with Crippen LogP contribution in [0.5, 0.6) is 0 Å². The molecule has 5 heteroatoms. The van der Waals surface area contributed by atoms with E-state index in [1.807, 2.05) is 2.87 Å². The zero-order chi connectivity index (χ0) is 16.0. The Morgan fingerprint density at radius 3 is 2.78 bits per heavy atom. The van der Waals surface area contributed by atoms with Gasteiger partial charge in [0.25, 0.3) is 33.0 Å². The largest absolute Gasteiger partial charge is 0.587 e. The van der Waals surface area contributed by atoms with Crippen molar-refractivity contribution in [1.82, 2.24) is 3.55 Å². The monoisotopic (exact) mass is 340 g/mol. The molecule has 0 saturated heterocycles. The molecule has 0 aliphatic heterocycles. The standard InChI is InChI=1S/C18H15N2.3Al/c19-14-5-3-4-12(10-14)13-8-9-18-16(11-13)15-6-1-2-7-17(15)20-18;;;/h2-5,7,10-11H,1,6,8-9H2;;;/q-1;;;+1. The van der Waals surface area contributed by atoms with Crippen molar-refractivity contribution < 1.29 is 0 Å². The van der Waals surface area contributed by atoms with E-state index < -0.39 is 0 Å². The smallest absolute Gasteiger partial charge is 0.317 e. The van der Waals surface area contributed by atoms with E-state index in [4.69, 9.17) is 0 Å². The van der Waals surface area contributed by atoms with Gasteiger partial charge < -0.3 is 6.42 Å². The maximum Gasteiger partial charge on any atom is 0.317 e. The maximum atomic E-state index is 2.90. The maximum absolute atomic E-state index is 2.90. The lowest BCUT2D eigenvalue weighted by Crippen LogP contribution is -2.13. The van der Waals surface area contributed by atoms with Crippen molar-refractivity contribution in [1.29, 1.82) is 0 Å². The van der Waals surface area contributed by atoms with Crippen LogP contribution in [0, 0.1) is 0 Å². The summed E-state index contributed by atoms with van der Waals surface area (Å²) in [5.74, 6) is 0. The van der Waals surface area contributed by atoms with Gasteiger partial charge in [-0.05, 0) is 77.9 Å². The van der Waals surface area contributed by atoms with Gasteiger partial charge in [-0.1, -0.05) is 18.2 Å². The molecule has 0 bridgehead atoms. The summed E-state index contributed by atoms with van der Waals surface area (Å²) in [6.45, 7) is 0. The van der Waals surface area contributed by atoms with Crippen LogP contribution in [-0.4, -0.2) is 53.1 Å². The zero-order valence-corrected chi connectivity index (χ0v) is 16.5. The number of benzene rings is 1. The van der Waals surface area contributed by atoms with Gasteiger partial charge in [0.2, 0.25) is 0 Å². The molecule has 2 aliphatic carbocycles. The summed E-state index contributed by atoms with van der Waals surface area (Å²) in [7, 11) is 0. The van der Waals surface area contributed by atoms with Gasteiger partial charge in [0.15, 0.2) is 0 Å². The second kappa shape index (κ2) is 6.35. The third-order valence-electron chi connectivity index (χ3n) is 4.80. The van der Waals surface area contributed by atoms with Gasteiger partial charge in [-0.3, -0.25) is 0 Å². The summed E-state index contributed by atoms with van der Waals surface area (Å²) in [5.41, 5.74) is 9.79. The van der Waals surface area contributed by atoms with Crippen LogP contribution in [0.15, 0.2) is 30.3 Å². The number of aromatic nitrogens is 1. The quantitative estimate of drug-likeness (QED) is 0.764. The van der Waals surface area contributed by atoms with Crippen LogP contribution < -0.4 is 2.87 Å². The number of rotatable bonds is 2. The van der Waals surface area contributed by atoms with Crippen LogP contribution in [0.1, 0.15) is 40.9 Å². The molecule has 23 heavy (non-hydrogen) atoms. The Bertz CT molecular complexity index is 831. The molecule has 0 unspecified atom stereocenters. The first-order valence-corrected chi connectivity index (χ1v) is 9.48. The zero-order valence-electron chi connectivity index (χ0n) is 13.0. The van der Waals surface area contributed by atoms with Crippen LogP contribution >= 0.6 is 0 Å². The Morgan fingerprint density at radius 1 is 1.09 bits per heavy atom. The molecule has 6 radical (unpaired) electrons. The Morgan fingerprint density at radius 2 is 1.96 bits per heavy atom. The van der Waals surface area contributed by atoms with Gasteiger partial charge in [0, 0.05) is 11.4 Å². The van der Waals surface area contributed by atoms with Crippen LogP contribution in [0.25, 0.3) is 17.7 Å². The number of hydrogen-bond acceptors (Lipinski definition) is 1. The predicted octanol–water partition coefficient (Wildman–Crippen LogP) is 2.84. The fourth-order valence-electron chi connectivity index (χ4n) is 3.62. The molecule has 2 nitrogen and oxygen atoms in total. The Hall–Kier alpha value is -0.623. The molecule has 2 aliphatic rings. The minimum absolute atomic E-state index is 1.10. The molecule has 0 fully saturated rings. The molecular formula is C18H15Al3N2. The average Bonchev–Trinajstić information content (AvgIpc) is 2.88. The van der Waals surface area contributed by atoms with Crippen molar-refractivity contribution in [2.75, 3.05) is 2.87 Å². The van der Waals surface area contributed by atoms with Crippen molar-refractivity contribution in [3.8, 4) is 0 Å².